The maximum Gasteiger partial charge on any atom is 0.240 e. The summed E-state index contributed by atoms with van der Waals surface area (Å²) in [7, 11) is -3.65. The van der Waals surface area contributed by atoms with Crippen molar-refractivity contribution in [3.63, 3.8) is 0 Å². The van der Waals surface area contributed by atoms with Crippen LogP contribution in [0.15, 0.2) is 53.4 Å². The molecule has 0 radical (unpaired) electrons. The van der Waals surface area contributed by atoms with Gasteiger partial charge in [-0.25, -0.2) is 13.1 Å². The van der Waals surface area contributed by atoms with Crippen molar-refractivity contribution in [2.75, 3.05) is 29.9 Å². The third-order valence-corrected chi connectivity index (χ3v) is 7.09. The van der Waals surface area contributed by atoms with Gasteiger partial charge in [0, 0.05) is 37.4 Å². The van der Waals surface area contributed by atoms with Crippen LogP contribution in [-0.4, -0.2) is 34.0 Å². The maximum absolute atomic E-state index is 12.5. The van der Waals surface area contributed by atoms with Crippen molar-refractivity contribution in [1.82, 2.24) is 4.72 Å². The summed E-state index contributed by atoms with van der Waals surface area (Å²) in [5, 5.41) is 2.83. The number of nitrogens with zero attached hydrogens (tertiary/aromatic N) is 1. The molecule has 7 heteroatoms. The lowest BCUT2D eigenvalue weighted by atomic mass is 9.87. The normalized spacial score (nSPS) is 17.0. The van der Waals surface area contributed by atoms with Crippen LogP contribution in [0.1, 0.15) is 46.1 Å². The van der Waals surface area contributed by atoms with Crippen molar-refractivity contribution in [3.05, 3.63) is 54.1 Å². The van der Waals surface area contributed by atoms with Gasteiger partial charge in [-0.1, -0.05) is 39.8 Å². The standard InChI is InChI=1S/C24H33N3O3S/c1-18-14-16-27(17-18)21-9-7-20(8-10-21)26-23(28)13-15-25-31(29,30)22-11-5-19(6-12-22)24(2,3)4/h5-12,18,25H,13-17H2,1-4H3,(H,26,28). The summed E-state index contributed by atoms with van der Waals surface area (Å²) in [4.78, 5) is 14.8. The van der Waals surface area contributed by atoms with Crippen LogP contribution in [0.2, 0.25) is 0 Å². The maximum atomic E-state index is 12.5. The lowest BCUT2D eigenvalue weighted by Gasteiger charge is -2.19. The molecule has 1 unspecified atom stereocenters. The van der Waals surface area contributed by atoms with E-state index >= 15 is 0 Å². The second-order valence-electron chi connectivity index (χ2n) is 9.36. The Kier molecular flexibility index (Phi) is 7.06. The number of rotatable bonds is 7. The third kappa shape index (κ3) is 6.31. The summed E-state index contributed by atoms with van der Waals surface area (Å²) in [5.41, 5.74) is 2.89. The van der Waals surface area contributed by atoms with Gasteiger partial charge in [0.2, 0.25) is 15.9 Å². The second-order valence-corrected chi connectivity index (χ2v) is 11.1. The number of amides is 1. The van der Waals surface area contributed by atoms with E-state index in [4.69, 9.17) is 0 Å². The Morgan fingerprint density at radius 3 is 2.26 bits per heavy atom. The molecule has 2 N–H and O–H groups in total. The first kappa shape index (κ1) is 23.3. The highest BCUT2D eigenvalue weighted by atomic mass is 32.2. The van der Waals surface area contributed by atoms with Crippen molar-refractivity contribution in [3.8, 4) is 0 Å². The number of carbonyl (C=O) groups excluding carboxylic acids is 1. The average molecular weight is 444 g/mol. The first-order chi connectivity index (χ1) is 14.5. The monoisotopic (exact) mass is 443 g/mol. The topological polar surface area (TPSA) is 78.5 Å². The van der Waals surface area contributed by atoms with Crippen LogP contribution in [0.5, 0.6) is 0 Å². The van der Waals surface area contributed by atoms with Crippen LogP contribution in [0, 0.1) is 5.92 Å². The molecule has 0 bridgehead atoms. The Morgan fingerprint density at radius 2 is 1.71 bits per heavy atom. The molecule has 168 valence electrons. The molecular formula is C24H33N3O3S. The Bertz CT molecular complexity index is 994. The Morgan fingerprint density at radius 1 is 1.06 bits per heavy atom. The molecule has 2 aromatic carbocycles. The van der Waals surface area contributed by atoms with E-state index in [1.165, 1.54) is 6.42 Å². The van der Waals surface area contributed by atoms with E-state index in [0.717, 1.165) is 24.3 Å². The number of hydrogen-bond acceptors (Lipinski definition) is 4. The van der Waals surface area contributed by atoms with E-state index < -0.39 is 10.0 Å². The Labute approximate surface area is 186 Å². The van der Waals surface area contributed by atoms with E-state index in [-0.39, 0.29) is 29.2 Å². The predicted octanol–water partition coefficient (Wildman–Crippen LogP) is 4.14. The average Bonchev–Trinajstić information content (AvgIpc) is 3.14. The van der Waals surface area contributed by atoms with Gasteiger partial charge in [-0.05, 0) is 59.7 Å². The molecule has 1 aliphatic rings. The van der Waals surface area contributed by atoms with E-state index in [1.807, 2.05) is 36.4 Å². The molecule has 1 atom stereocenters. The highest BCUT2D eigenvalue weighted by Gasteiger charge is 2.19. The van der Waals surface area contributed by atoms with Gasteiger partial charge in [0.1, 0.15) is 0 Å². The fraction of sp³-hybridized carbons (Fsp3) is 0.458. The van der Waals surface area contributed by atoms with Crippen LogP contribution in [0.25, 0.3) is 0 Å². The zero-order valence-electron chi connectivity index (χ0n) is 18.8. The minimum Gasteiger partial charge on any atom is -0.371 e. The lowest BCUT2D eigenvalue weighted by molar-refractivity contribution is -0.116. The van der Waals surface area contributed by atoms with Crippen LogP contribution in [-0.2, 0) is 20.2 Å². The van der Waals surface area contributed by atoms with Gasteiger partial charge in [-0.15, -0.1) is 0 Å². The molecule has 1 saturated heterocycles. The molecule has 0 saturated carbocycles. The summed E-state index contributed by atoms with van der Waals surface area (Å²) in [6.45, 7) is 10.6. The largest absolute Gasteiger partial charge is 0.371 e. The van der Waals surface area contributed by atoms with Crippen LogP contribution >= 0.6 is 0 Å². The smallest absolute Gasteiger partial charge is 0.240 e. The number of benzene rings is 2. The molecule has 3 rings (SSSR count). The molecule has 1 fully saturated rings. The van der Waals surface area contributed by atoms with Crippen molar-refractivity contribution >= 4 is 27.3 Å². The first-order valence-electron chi connectivity index (χ1n) is 10.8. The van der Waals surface area contributed by atoms with Gasteiger partial charge < -0.3 is 10.2 Å². The SMILES string of the molecule is CC1CCN(c2ccc(NC(=O)CCNS(=O)(=O)c3ccc(C(C)(C)C)cc3)cc2)C1. The van der Waals surface area contributed by atoms with Crippen molar-refractivity contribution in [1.29, 1.82) is 0 Å². The molecule has 1 amide bonds. The van der Waals surface area contributed by atoms with Crippen molar-refractivity contribution in [2.45, 2.75) is 50.8 Å². The molecular weight excluding hydrogens is 410 g/mol. The minimum atomic E-state index is -3.65. The molecule has 0 spiro atoms. The zero-order chi connectivity index (χ0) is 22.6. The number of hydrogen-bond donors (Lipinski definition) is 2. The molecule has 0 aliphatic carbocycles. The lowest BCUT2D eigenvalue weighted by Crippen LogP contribution is -2.28. The summed E-state index contributed by atoms with van der Waals surface area (Å²) >= 11 is 0. The molecule has 31 heavy (non-hydrogen) atoms. The van der Waals surface area contributed by atoms with Gasteiger partial charge in [0.15, 0.2) is 0 Å². The summed E-state index contributed by atoms with van der Waals surface area (Å²) in [5.74, 6) is 0.480. The van der Waals surface area contributed by atoms with Gasteiger partial charge >= 0.3 is 0 Å². The second kappa shape index (κ2) is 9.40. The van der Waals surface area contributed by atoms with E-state index in [0.29, 0.717) is 11.6 Å². The van der Waals surface area contributed by atoms with E-state index in [1.54, 1.807) is 12.1 Å². The van der Waals surface area contributed by atoms with Crippen LogP contribution < -0.4 is 14.9 Å². The van der Waals surface area contributed by atoms with Gasteiger partial charge in [-0.3, -0.25) is 4.79 Å². The number of carbonyl (C=O) groups is 1. The van der Waals surface area contributed by atoms with E-state index in [2.05, 4.69) is 42.6 Å². The summed E-state index contributed by atoms with van der Waals surface area (Å²) in [6, 6.07) is 14.7. The molecule has 1 aliphatic heterocycles. The van der Waals surface area contributed by atoms with Crippen LogP contribution in [0.4, 0.5) is 11.4 Å². The molecule has 0 aromatic heterocycles. The number of nitrogens with one attached hydrogen (secondary N) is 2. The predicted molar refractivity (Wildman–Crippen MR) is 126 cm³/mol. The number of anilines is 2. The highest BCUT2D eigenvalue weighted by Crippen LogP contribution is 2.25. The first-order valence-corrected chi connectivity index (χ1v) is 12.3. The summed E-state index contributed by atoms with van der Waals surface area (Å²) < 4.78 is 27.4. The van der Waals surface area contributed by atoms with Crippen molar-refractivity contribution in [2.24, 2.45) is 5.92 Å². The summed E-state index contributed by atoms with van der Waals surface area (Å²) in [6.07, 6.45) is 1.26. The fourth-order valence-corrected chi connectivity index (χ4v) is 4.70. The third-order valence-electron chi connectivity index (χ3n) is 5.61. The molecule has 2 aromatic rings. The Hall–Kier alpha value is -2.38. The van der Waals surface area contributed by atoms with Gasteiger partial charge in [0.25, 0.3) is 0 Å². The Balaban J connectivity index is 1.48. The van der Waals surface area contributed by atoms with Crippen molar-refractivity contribution < 1.29 is 13.2 Å². The van der Waals surface area contributed by atoms with Gasteiger partial charge in [0.05, 0.1) is 4.90 Å². The number of sulfonamides is 1. The molecule has 1 heterocycles. The van der Waals surface area contributed by atoms with Gasteiger partial charge in [-0.2, -0.15) is 0 Å². The quantitative estimate of drug-likeness (QED) is 0.674. The fourth-order valence-electron chi connectivity index (χ4n) is 3.66. The molecule has 6 nitrogen and oxygen atoms in total. The van der Waals surface area contributed by atoms with E-state index in [9.17, 15) is 13.2 Å². The minimum absolute atomic E-state index is 0.0406. The van der Waals surface area contributed by atoms with Crippen LogP contribution in [0.3, 0.4) is 0 Å². The highest BCUT2D eigenvalue weighted by molar-refractivity contribution is 7.89. The zero-order valence-corrected chi connectivity index (χ0v) is 19.6.